The van der Waals surface area contributed by atoms with Crippen LogP contribution in [-0.4, -0.2) is 36.5 Å². The van der Waals surface area contributed by atoms with Gasteiger partial charge in [0.2, 0.25) is 0 Å². The van der Waals surface area contributed by atoms with Crippen molar-refractivity contribution in [2.45, 2.75) is 50.8 Å². The van der Waals surface area contributed by atoms with Crippen LogP contribution in [0.15, 0.2) is 134 Å². The Bertz CT molecular complexity index is 1640. The fourth-order valence-electron chi connectivity index (χ4n) is 5.94. The van der Waals surface area contributed by atoms with Crippen LogP contribution in [0.5, 0.6) is 0 Å². The van der Waals surface area contributed by atoms with Gasteiger partial charge in [-0.05, 0) is 28.3 Å². The zero-order valence-corrected chi connectivity index (χ0v) is 25.9. The topological polar surface area (TPSA) is 68.2 Å². The minimum Gasteiger partial charge on any atom is -0.465 e. The van der Waals surface area contributed by atoms with Crippen molar-refractivity contribution in [3.8, 4) is 0 Å². The number of methoxy groups -OCH3 is 1. The van der Waals surface area contributed by atoms with E-state index in [0.29, 0.717) is 44.3 Å². The van der Waals surface area contributed by atoms with Crippen molar-refractivity contribution in [2.75, 3.05) is 13.7 Å². The lowest BCUT2D eigenvalue weighted by Gasteiger charge is -2.44. The number of carbonyl (C=O) groups excluding carboxylic acids is 1. The van der Waals surface area contributed by atoms with Crippen LogP contribution in [0.2, 0.25) is 0 Å². The highest BCUT2D eigenvalue weighted by Gasteiger charge is 2.47. The smallest absolute Gasteiger partial charge is 0.339 e. The second-order valence-electron chi connectivity index (χ2n) is 11.3. The Kier molecular flexibility index (Phi) is 10.7. The summed E-state index contributed by atoms with van der Waals surface area (Å²) in [6, 6.07) is 41.6. The van der Waals surface area contributed by atoms with Gasteiger partial charge in [-0.15, -0.1) is 0 Å². The highest BCUT2D eigenvalue weighted by Crippen LogP contribution is 2.42. The van der Waals surface area contributed by atoms with Crippen molar-refractivity contribution in [1.29, 1.82) is 0 Å². The molecule has 7 heteroatoms. The fraction of sp³-hybridized carbons (Fsp3) is 0.256. The summed E-state index contributed by atoms with van der Waals surface area (Å²) in [4.78, 5) is 13.2. The Morgan fingerprint density at radius 1 is 0.587 bits per heavy atom. The number of ether oxygens (including phenoxy) is 5. The third-order valence-corrected chi connectivity index (χ3v) is 8.23. The van der Waals surface area contributed by atoms with Crippen LogP contribution in [0.1, 0.15) is 50.5 Å². The minimum absolute atomic E-state index is 0.321. The van der Waals surface area contributed by atoms with E-state index in [1.807, 2.05) is 128 Å². The molecule has 4 aromatic carbocycles. The van der Waals surface area contributed by atoms with E-state index in [2.05, 4.69) is 4.57 Å². The van der Waals surface area contributed by atoms with Crippen LogP contribution in [-0.2, 0) is 50.1 Å². The first-order valence-electron chi connectivity index (χ1n) is 15.6. The van der Waals surface area contributed by atoms with Crippen molar-refractivity contribution in [2.24, 2.45) is 0 Å². The van der Waals surface area contributed by atoms with E-state index in [1.165, 1.54) is 7.11 Å². The molecule has 1 aliphatic heterocycles. The molecule has 0 saturated heterocycles. The van der Waals surface area contributed by atoms with E-state index < -0.39 is 24.3 Å². The number of esters is 1. The van der Waals surface area contributed by atoms with E-state index >= 15 is 0 Å². The summed E-state index contributed by atoms with van der Waals surface area (Å²) in [6.45, 7) is 1.80. The van der Waals surface area contributed by atoms with Gasteiger partial charge in [0, 0.05) is 6.20 Å². The number of hydrogen-bond acceptors (Lipinski definition) is 6. The predicted octanol–water partition coefficient (Wildman–Crippen LogP) is 7.47. The first-order chi connectivity index (χ1) is 22.7. The van der Waals surface area contributed by atoms with Gasteiger partial charge < -0.3 is 28.3 Å². The molecule has 0 amide bonds. The van der Waals surface area contributed by atoms with Gasteiger partial charge in [-0.1, -0.05) is 121 Å². The summed E-state index contributed by atoms with van der Waals surface area (Å²) >= 11 is 0. The Labute approximate surface area is 270 Å². The molecule has 2 heterocycles. The van der Waals surface area contributed by atoms with Crippen LogP contribution < -0.4 is 0 Å². The molecule has 0 saturated carbocycles. The van der Waals surface area contributed by atoms with Crippen molar-refractivity contribution in [1.82, 2.24) is 4.57 Å². The molecular formula is C39H39NO6. The summed E-state index contributed by atoms with van der Waals surface area (Å²) in [5.74, 6) is -0.434. The van der Waals surface area contributed by atoms with Gasteiger partial charge in [0.05, 0.1) is 57.4 Å². The van der Waals surface area contributed by atoms with Crippen LogP contribution in [0.3, 0.4) is 0 Å². The average molecular weight is 618 g/mol. The zero-order valence-electron chi connectivity index (χ0n) is 25.9. The van der Waals surface area contributed by atoms with E-state index in [9.17, 15) is 4.79 Å². The maximum atomic E-state index is 13.2. The molecule has 1 aromatic heterocycles. The quantitative estimate of drug-likeness (QED) is 0.120. The second kappa shape index (κ2) is 15.7. The van der Waals surface area contributed by atoms with Gasteiger partial charge in [-0.3, -0.25) is 0 Å². The lowest BCUT2D eigenvalue weighted by atomic mass is 9.91. The van der Waals surface area contributed by atoms with E-state index in [-0.39, 0.29) is 6.04 Å². The molecule has 7 nitrogen and oxygen atoms in total. The maximum absolute atomic E-state index is 13.2. The molecule has 0 bridgehead atoms. The number of benzene rings is 4. The lowest BCUT2D eigenvalue weighted by Crippen LogP contribution is -2.50. The molecule has 46 heavy (non-hydrogen) atoms. The summed E-state index contributed by atoms with van der Waals surface area (Å²) in [5, 5.41) is 0. The van der Waals surface area contributed by atoms with Gasteiger partial charge in [0.25, 0.3) is 0 Å². The van der Waals surface area contributed by atoms with Crippen molar-refractivity contribution >= 4 is 5.97 Å². The Hall–Kier alpha value is -4.53. The molecule has 0 unspecified atom stereocenters. The van der Waals surface area contributed by atoms with E-state index in [1.54, 1.807) is 6.07 Å². The second-order valence-corrected chi connectivity index (χ2v) is 11.3. The number of fused-ring (bicyclic) bond motifs is 1. The molecule has 5 aromatic rings. The standard InChI is InChI=1S/C39H39NO6/c1-42-39(41)33-22-23-40-34(28-43-24-29-14-6-2-7-15-29)36(44-25-30-16-8-3-9-17-30)38(46-27-32-20-12-5-13-21-32)37(35(33)40)45-26-31-18-10-4-11-19-31/h2-23,34,36-38H,24-28H2,1H3/t34-,36-,37-,38+/m1/s1. The van der Waals surface area contributed by atoms with Crippen LogP contribution in [0.25, 0.3) is 0 Å². The van der Waals surface area contributed by atoms with Gasteiger partial charge in [0.1, 0.15) is 18.3 Å². The third-order valence-electron chi connectivity index (χ3n) is 8.23. The molecule has 0 radical (unpaired) electrons. The highest BCUT2D eigenvalue weighted by atomic mass is 16.6. The summed E-state index contributed by atoms with van der Waals surface area (Å²) in [6.07, 6.45) is 0.206. The zero-order chi connectivity index (χ0) is 31.6. The van der Waals surface area contributed by atoms with Crippen molar-refractivity contribution in [3.63, 3.8) is 0 Å². The molecular weight excluding hydrogens is 578 g/mol. The maximum Gasteiger partial charge on any atom is 0.339 e. The highest BCUT2D eigenvalue weighted by molar-refractivity contribution is 5.91. The molecule has 0 spiro atoms. The van der Waals surface area contributed by atoms with Gasteiger partial charge in [-0.25, -0.2) is 4.79 Å². The molecule has 0 fully saturated rings. The van der Waals surface area contributed by atoms with Crippen molar-refractivity contribution < 1.29 is 28.5 Å². The lowest BCUT2D eigenvalue weighted by molar-refractivity contribution is -0.187. The molecule has 1 aliphatic rings. The number of rotatable bonds is 14. The Balaban J connectivity index is 1.39. The van der Waals surface area contributed by atoms with Gasteiger partial charge in [0.15, 0.2) is 0 Å². The molecule has 0 aliphatic carbocycles. The van der Waals surface area contributed by atoms with Crippen LogP contribution >= 0.6 is 0 Å². The number of carbonyl (C=O) groups is 1. The van der Waals surface area contributed by atoms with Gasteiger partial charge in [-0.2, -0.15) is 0 Å². The first-order valence-corrected chi connectivity index (χ1v) is 15.6. The van der Waals surface area contributed by atoms with Crippen LogP contribution in [0.4, 0.5) is 0 Å². The SMILES string of the molecule is COC(=O)c1ccn2c1[C@@H](OCc1ccccc1)[C@@H](OCc1ccccc1)[C@H](OCc1ccccc1)[C@H]2COCc1ccccc1. The third kappa shape index (κ3) is 7.63. The molecule has 4 atom stereocenters. The largest absolute Gasteiger partial charge is 0.465 e. The average Bonchev–Trinajstić information content (AvgIpc) is 3.56. The monoisotopic (exact) mass is 617 g/mol. The van der Waals surface area contributed by atoms with E-state index in [0.717, 1.165) is 22.3 Å². The Morgan fingerprint density at radius 3 is 1.54 bits per heavy atom. The summed E-state index contributed by atoms with van der Waals surface area (Å²) in [5.41, 5.74) is 5.28. The van der Waals surface area contributed by atoms with Gasteiger partial charge >= 0.3 is 5.97 Å². The molecule has 6 rings (SSSR count). The molecule has 236 valence electrons. The summed E-state index contributed by atoms with van der Waals surface area (Å²) < 4.78 is 34.0. The van der Waals surface area contributed by atoms with Crippen LogP contribution in [0, 0.1) is 0 Å². The Morgan fingerprint density at radius 2 is 1.04 bits per heavy atom. The predicted molar refractivity (Wildman–Crippen MR) is 175 cm³/mol. The minimum atomic E-state index is -0.640. The molecule has 0 N–H and O–H groups in total. The summed E-state index contributed by atoms with van der Waals surface area (Å²) in [7, 11) is 1.39. The number of hydrogen-bond donors (Lipinski definition) is 0. The van der Waals surface area contributed by atoms with E-state index in [4.69, 9.17) is 23.7 Å². The first kappa shape index (κ1) is 31.5. The fourth-order valence-corrected chi connectivity index (χ4v) is 5.94. The number of nitrogens with zero attached hydrogens (tertiary/aromatic N) is 1. The number of aromatic nitrogens is 1. The normalized spacial score (nSPS) is 19.0. The van der Waals surface area contributed by atoms with Crippen molar-refractivity contribution in [3.05, 3.63) is 167 Å².